The second kappa shape index (κ2) is 7.03. The summed E-state index contributed by atoms with van der Waals surface area (Å²) >= 11 is 0. The summed E-state index contributed by atoms with van der Waals surface area (Å²) in [5.74, 6) is 1.22. The molecule has 28 heavy (non-hydrogen) atoms. The fourth-order valence-corrected chi connectivity index (χ4v) is 2.87. The highest BCUT2D eigenvalue weighted by Crippen LogP contribution is 2.28. The van der Waals surface area contributed by atoms with E-state index in [1.165, 1.54) is 17.8 Å². The molecule has 0 aliphatic carbocycles. The first-order valence-electron chi connectivity index (χ1n) is 8.73. The number of nitrogens with zero attached hydrogens (tertiary/aromatic N) is 3. The van der Waals surface area contributed by atoms with Crippen molar-refractivity contribution in [2.45, 2.75) is 6.92 Å². The van der Waals surface area contributed by atoms with Crippen LogP contribution in [0, 0.1) is 6.92 Å². The van der Waals surface area contributed by atoms with Gasteiger partial charge in [0.05, 0.1) is 11.0 Å². The van der Waals surface area contributed by atoms with Crippen LogP contribution in [0.15, 0.2) is 60.8 Å². The fourth-order valence-electron chi connectivity index (χ4n) is 2.87. The van der Waals surface area contributed by atoms with Crippen molar-refractivity contribution in [3.63, 3.8) is 0 Å². The second-order valence-electron chi connectivity index (χ2n) is 6.48. The molecule has 2 heterocycles. The molecule has 1 amide bonds. The highest BCUT2D eigenvalue weighted by Gasteiger charge is 2.10. The van der Waals surface area contributed by atoms with Gasteiger partial charge in [0.15, 0.2) is 0 Å². The number of hydrogen-bond donors (Lipinski definition) is 2. The molecule has 2 aromatic carbocycles. The standard InChI is InChI=1S/C21H19N5O2/c1-13-3-5-14(6-4-13)24-21-25-17-11-15(7-8-19(17)26(21)2)28-16-9-10-23-18(12-16)20(22)27/h3-12H,1-2H3,(H2,22,27)(H,24,25). The molecule has 0 fully saturated rings. The molecule has 0 saturated heterocycles. The van der Waals surface area contributed by atoms with E-state index >= 15 is 0 Å². The molecular weight excluding hydrogens is 354 g/mol. The number of carbonyl (C=O) groups is 1. The van der Waals surface area contributed by atoms with Crippen molar-refractivity contribution in [2.24, 2.45) is 12.8 Å². The van der Waals surface area contributed by atoms with Crippen molar-refractivity contribution in [1.82, 2.24) is 14.5 Å². The topological polar surface area (TPSA) is 95.1 Å². The first-order valence-corrected chi connectivity index (χ1v) is 8.73. The van der Waals surface area contributed by atoms with Gasteiger partial charge in [-0.15, -0.1) is 0 Å². The van der Waals surface area contributed by atoms with Crippen LogP contribution < -0.4 is 15.8 Å². The SMILES string of the molecule is Cc1ccc(Nc2nc3cc(Oc4ccnc(C(N)=O)c4)ccc3n2C)cc1. The average Bonchev–Trinajstić information content (AvgIpc) is 2.99. The number of carbonyl (C=O) groups excluding carboxylic acids is 1. The summed E-state index contributed by atoms with van der Waals surface area (Å²) in [6.45, 7) is 2.05. The van der Waals surface area contributed by atoms with Gasteiger partial charge in [-0.3, -0.25) is 9.78 Å². The average molecular weight is 373 g/mol. The number of pyridine rings is 1. The van der Waals surface area contributed by atoms with Gasteiger partial charge in [0, 0.05) is 31.1 Å². The molecular formula is C21H19N5O2. The molecule has 140 valence electrons. The number of ether oxygens (including phenoxy) is 1. The smallest absolute Gasteiger partial charge is 0.267 e. The van der Waals surface area contributed by atoms with Gasteiger partial charge in [0.2, 0.25) is 5.95 Å². The molecule has 0 aliphatic heterocycles. The molecule has 2 aromatic heterocycles. The molecule has 4 aromatic rings. The van der Waals surface area contributed by atoms with Gasteiger partial charge in [0.25, 0.3) is 5.91 Å². The third-order valence-electron chi connectivity index (χ3n) is 4.38. The van der Waals surface area contributed by atoms with Crippen molar-refractivity contribution in [3.05, 3.63) is 72.1 Å². The van der Waals surface area contributed by atoms with Crippen LogP contribution in [0.1, 0.15) is 16.1 Å². The Morgan fingerprint density at radius 1 is 1.07 bits per heavy atom. The number of aryl methyl sites for hydroxylation is 2. The largest absolute Gasteiger partial charge is 0.457 e. The minimum Gasteiger partial charge on any atom is -0.457 e. The van der Waals surface area contributed by atoms with Gasteiger partial charge in [0.1, 0.15) is 17.2 Å². The number of primary amides is 1. The van der Waals surface area contributed by atoms with Crippen LogP contribution in [0.5, 0.6) is 11.5 Å². The molecule has 3 N–H and O–H groups in total. The lowest BCUT2D eigenvalue weighted by molar-refractivity contribution is 0.0995. The number of rotatable bonds is 5. The van der Waals surface area contributed by atoms with Crippen LogP contribution in [-0.4, -0.2) is 20.4 Å². The molecule has 4 rings (SSSR count). The normalized spacial score (nSPS) is 10.8. The van der Waals surface area contributed by atoms with Crippen LogP contribution in [0.25, 0.3) is 11.0 Å². The number of benzene rings is 2. The zero-order valence-corrected chi connectivity index (χ0v) is 15.5. The molecule has 0 bridgehead atoms. The Bertz CT molecular complexity index is 1170. The van der Waals surface area contributed by atoms with Gasteiger partial charge in [-0.25, -0.2) is 4.98 Å². The first kappa shape index (κ1) is 17.5. The van der Waals surface area contributed by atoms with Gasteiger partial charge in [-0.05, 0) is 37.3 Å². The maximum Gasteiger partial charge on any atom is 0.267 e. The first-order chi connectivity index (χ1) is 13.5. The third-order valence-corrected chi connectivity index (χ3v) is 4.38. The van der Waals surface area contributed by atoms with E-state index in [-0.39, 0.29) is 5.69 Å². The Morgan fingerprint density at radius 3 is 2.57 bits per heavy atom. The predicted octanol–water partition coefficient (Wildman–Crippen LogP) is 3.91. The number of hydrogen-bond acceptors (Lipinski definition) is 5. The molecule has 7 heteroatoms. The zero-order chi connectivity index (χ0) is 19.7. The number of aromatic nitrogens is 3. The van der Waals surface area contributed by atoms with E-state index in [1.807, 2.05) is 54.1 Å². The molecule has 0 atom stereocenters. The number of imidazole rings is 1. The maximum absolute atomic E-state index is 11.3. The summed E-state index contributed by atoms with van der Waals surface area (Å²) in [7, 11) is 1.95. The van der Waals surface area contributed by atoms with Gasteiger partial charge in [-0.2, -0.15) is 0 Å². The van der Waals surface area contributed by atoms with Crippen molar-refractivity contribution in [2.75, 3.05) is 5.32 Å². The van der Waals surface area contributed by atoms with E-state index in [2.05, 4.69) is 22.2 Å². The van der Waals surface area contributed by atoms with Crippen LogP contribution in [0.2, 0.25) is 0 Å². The summed E-state index contributed by atoms with van der Waals surface area (Å²) in [4.78, 5) is 19.8. The third kappa shape index (κ3) is 3.50. The molecule has 0 aliphatic rings. The summed E-state index contributed by atoms with van der Waals surface area (Å²) in [5.41, 5.74) is 9.35. The summed E-state index contributed by atoms with van der Waals surface area (Å²) < 4.78 is 7.82. The Kier molecular flexibility index (Phi) is 4.41. The quantitative estimate of drug-likeness (QED) is 0.553. The van der Waals surface area contributed by atoms with Crippen molar-refractivity contribution in [1.29, 1.82) is 0 Å². The summed E-state index contributed by atoms with van der Waals surface area (Å²) in [6.07, 6.45) is 1.48. The number of anilines is 2. The van der Waals surface area contributed by atoms with Crippen LogP contribution in [0.3, 0.4) is 0 Å². The molecule has 0 saturated carbocycles. The Morgan fingerprint density at radius 2 is 1.82 bits per heavy atom. The van der Waals surface area contributed by atoms with Crippen LogP contribution in [-0.2, 0) is 7.05 Å². The van der Waals surface area contributed by atoms with Crippen LogP contribution in [0.4, 0.5) is 11.6 Å². The molecule has 0 radical (unpaired) electrons. The van der Waals surface area contributed by atoms with Gasteiger partial charge in [-0.1, -0.05) is 17.7 Å². The highest BCUT2D eigenvalue weighted by molar-refractivity contribution is 5.91. The van der Waals surface area contributed by atoms with Crippen molar-refractivity contribution < 1.29 is 9.53 Å². The summed E-state index contributed by atoms with van der Waals surface area (Å²) in [5, 5.41) is 3.33. The molecule has 0 spiro atoms. The lowest BCUT2D eigenvalue weighted by Crippen LogP contribution is -2.12. The van der Waals surface area contributed by atoms with Crippen molar-refractivity contribution in [3.8, 4) is 11.5 Å². The Balaban J connectivity index is 1.61. The molecule has 7 nitrogen and oxygen atoms in total. The van der Waals surface area contributed by atoms with Crippen LogP contribution >= 0.6 is 0 Å². The Hall–Kier alpha value is -3.87. The lowest BCUT2D eigenvalue weighted by atomic mass is 10.2. The van der Waals surface area contributed by atoms with E-state index in [4.69, 9.17) is 10.5 Å². The van der Waals surface area contributed by atoms with E-state index in [0.29, 0.717) is 11.5 Å². The molecule has 0 unspecified atom stereocenters. The minimum absolute atomic E-state index is 0.154. The number of nitrogens with one attached hydrogen (secondary N) is 1. The minimum atomic E-state index is -0.600. The monoisotopic (exact) mass is 373 g/mol. The Labute approximate surface area is 161 Å². The maximum atomic E-state index is 11.3. The predicted molar refractivity (Wildman–Crippen MR) is 108 cm³/mol. The van der Waals surface area contributed by atoms with E-state index < -0.39 is 5.91 Å². The van der Waals surface area contributed by atoms with E-state index in [9.17, 15) is 4.79 Å². The zero-order valence-electron chi connectivity index (χ0n) is 15.5. The fraction of sp³-hybridized carbons (Fsp3) is 0.0952. The number of nitrogens with two attached hydrogens (primary N) is 1. The summed E-state index contributed by atoms with van der Waals surface area (Å²) in [6, 6.07) is 16.9. The van der Waals surface area contributed by atoms with Gasteiger partial charge < -0.3 is 20.4 Å². The second-order valence-corrected chi connectivity index (χ2v) is 6.48. The lowest BCUT2D eigenvalue weighted by Gasteiger charge is -2.07. The number of fused-ring (bicyclic) bond motifs is 1. The van der Waals surface area contributed by atoms with Crippen molar-refractivity contribution >= 4 is 28.6 Å². The number of amides is 1. The van der Waals surface area contributed by atoms with E-state index in [1.54, 1.807) is 6.07 Å². The highest BCUT2D eigenvalue weighted by atomic mass is 16.5. The van der Waals surface area contributed by atoms with E-state index in [0.717, 1.165) is 22.7 Å². The van der Waals surface area contributed by atoms with Gasteiger partial charge >= 0.3 is 0 Å².